The van der Waals surface area contributed by atoms with Gasteiger partial charge in [0, 0.05) is 44.2 Å². The lowest BCUT2D eigenvalue weighted by molar-refractivity contribution is -0.139. The Balaban J connectivity index is 2.10. The van der Waals surface area contributed by atoms with E-state index in [1.54, 1.807) is 13.8 Å². The minimum atomic E-state index is -1.63. The summed E-state index contributed by atoms with van der Waals surface area (Å²) in [6.45, 7) is 9.93. The van der Waals surface area contributed by atoms with Crippen molar-refractivity contribution >= 4 is 76.9 Å². The van der Waals surface area contributed by atoms with Gasteiger partial charge >= 0.3 is 5.97 Å². The van der Waals surface area contributed by atoms with Gasteiger partial charge in [0.25, 0.3) is 0 Å². The molecule has 1 aliphatic carbocycles. The van der Waals surface area contributed by atoms with Gasteiger partial charge in [-0.15, -0.1) is 0 Å². The number of nitrogens with zero attached hydrogens (tertiary/aromatic N) is 2. The summed E-state index contributed by atoms with van der Waals surface area (Å²) in [4.78, 5) is 175. The Bertz CT molecular complexity index is 2470. The molecule has 1 aromatic rings. The molecule has 86 heavy (non-hydrogen) atoms. The molecule has 2 heterocycles. The fraction of sp³-hybridized carbons (Fsp3) is 0.714. The van der Waals surface area contributed by atoms with Crippen molar-refractivity contribution in [3.63, 3.8) is 0 Å². The monoisotopic (exact) mass is 1210 g/mol. The quantitative estimate of drug-likeness (QED) is 0.0416. The highest BCUT2D eigenvalue weighted by Gasteiger charge is 2.37. The van der Waals surface area contributed by atoms with E-state index in [0.29, 0.717) is 31.4 Å². The number of primary amides is 1. The number of aromatic nitrogens is 2. The molecule has 0 bridgehead atoms. The number of nitrogens with two attached hydrogens (primary N) is 3. The number of aromatic amines is 1. The zero-order chi connectivity index (χ0) is 64.0. The molecule has 19 N–H and O–H groups in total. The van der Waals surface area contributed by atoms with E-state index in [9.17, 15) is 67.7 Å². The smallest absolute Gasteiger partial charge is 0.303 e. The lowest BCUT2D eigenvalue weighted by Gasteiger charge is -2.30. The molecule has 0 unspecified atom stereocenters. The Morgan fingerprint density at radius 2 is 1.12 bits per heavy atom. The number of hydrogen-bond donors (Lipinski definition) is 16. The number of rotatable bonds is 18. The average molecular weight is 1220 g/mol. The normalized spacial score (nSPS) is 25.6. The number of imidazole rings is 1. The molecular weight excluding hydrogens is 1120 g/mol. The number of carboxylic acids is 1. The molecule has 482 valence electrons. The highest BCUT2D eigenvalue weighted by atomic mass is 16.4. The van der Waals surface area contributed by atoms with Crippen molar-refractivity contribution in [1.82, 2.24) is 63.1 Å². The third kappa shape index (κ3) is 27.4. The molecule has 1 saturated heterocycles. The number of guanidine groups is 1. The van der Waals surface area contributed by atoms with Crippen molar-refractivity contribution in [2.75, 3.05) is 13.1 Å². The van der Waals surface area contributed by atoms with Crippen LogP contribution in [0.15, 0.2) is 17.5 Å². The van der Waals surface area contributed by atoms with Gasteiger partial charge in [-0.3, -0.25) is 62.5 Å². The fourth-order valence-corrected chi connectivity index (χ4v) is 9.99. The maximum atomic E-state index is 14.5. The molecule has 11 amide bonds. The van der Waals surface area contributed by atoms with Crippen LogP contribution in [-0.4, -0.2) is 171 Å². The van der Waals surface area contributed by atoms with Crippen molar-refractivity contribution in [2.45, 2.75) is 224 Å². The number of hydrogen-bond acceptors (Lipinski definition) is 15. The molecule has 1 saturated carbocycles. The second-order valence-electron chi connectivity index (χ2n) is 23.2. The Kier molecular flexibility index (Phi) is 31.5. The Morgan fingerprint density at radius 3 is 1.71 bits per heavy atom. The summed E-state index contributed by atoms with van der Waals surface area (Å²) >= 11 is 0. The molecule has 1 aliphatic heterocycles. The number of aliphatic hydroxyl groups excluding tert-OH is 1. The number of aliphatic imine (C=N–C) groups is 1. The number of amides is 11. The zero-order valence-corrected chi connectivity index (χ0v) is 50.4. The van der Waals surface area contributed by atoms with Gasteiger partial charge in [-0.05, 0) is 83.0 Å². The van der Waals surface area contributed by atoms with E-state index < -0.39 is 151 Å². The van der Waals surface area contributed by atoms with Crippen molar-refractivity contribution in [2.24, 2.45) is 39.9 Å². The number of H-pyrrole nitrogens is 1. The summed E-state index contributed by atoms with van der Waals surface area (Å²) in [5.41, 5.74) is 17.0. The van der Waals surface area contributed by atoms with Crippen LogP contribution in [0.3, 0.4) is 0 Å². The van der Waals surface area contributed by atoms with Gasteiger partial charge in [-0.25, -0.2) is 4.98 Å². The third-order valence-electron chi connectivity index (χ3n) is 14.6. The van der Waals surface area contributed by atoms with Crippen LogP contribution >= 0.6 is 0 Å². The molecule has 1 aromatic heterocycles. The van der Waals surface area contributed by atoms with Gasteiger partial charge < -0.3 is 85.6 Å². The maximum Gasteiger partial charge on any atom is 0.303 e. The van der Waals surface area contributed by atoms with Crippen LogP contribution in [0.1, 0.15) is 163 Å². The molecule has 10 atom stereocenters. The SMILES string of the molecule is CC(C)C[C@@H]1NC(=O)[C@H](C)NC(=O)[C@H](CC2CCCCC2)NC(=O)[C@H](CCCN=C(N)N)NC(=O)[C@H](CCC(=O)O)NC(=O)[C@H]([C@@H](C)O)NC(=O)CCCCCCNC(=O)[C@H](CC(C)C)NC(=O)[C@H](CC(N)=O)NC(=O)[C@H](Cc2cnc[nH]2)NC1=O. The van der Waals surface area contributed by atoms with Gasteiger partial charge in [0.2, 0.25) is 65.0 Å². The minimum Gasteiger partial charge on any atom is -0.481 e. The van der Waals surface area contributed by atoms with Gasteiger partial charge in [0.05, 0.1) is 18.9 Å². The molecule has 0 aromatic carbocycles. The molecule has 0 spiro atoms. The first-order chi connectivity index (χ1) is 40.6. The molecule has 3 rings (SSSR count). The number of nitrogens with one attached hydrogen (secondary N) is 11. The average Bonchev–Trinajstić information content (AvgIpc) is 3.18. The van der Waals surface area contributed by atoms with Crippen LogP contribution in [0, 0.1) is 17.8 Å². The minimum absolute atomic E-state index is 0.00319. The standard InChI is InChI=1S/C56H94N16O14/c1-30(2)23-38-48(79)61-21-13-8-7-12-18-44(75)72-46(33(6)73)55(86)66-37(19-20-45(76)77)50(81)65-36(17-14-22-62-56(58)59)49(80)69-40(25-34-15-10-9-11-16-34)51(82)64-32(5)47(78)67-39(24-31(3)4)52(83)70-41(26-35-28-60-29-63-35)53(84)71-42(27-43(57)74)54(85)68-38/h28-34,36-42,46,73H,7-27H2,1-6H3,(H2,57,74)(H,60,63)(H,61,79)(H,64,82)(H,65,81)(H,66,86)(H,67,78)(H,68,85)(H,69,80)(H,70,83)(H,71,84)(H,72,75)(H,76,77)(H4,58,59,62)/t32-,33+,36-,37-,38-,39-,40-,41-,42-,46-/m0/s1. The molecular formula is C56H94N16O14. The maximum absolute atomic E-state index is 14.5. The predicted octanol–water partition coefficient (Wildman–Crippen LogP) is -2.35. The van der Waals surface area contributed by atoms with Crippen molar-refractivity contribution in [3.05, 3.63) is 18.2 Å². The van der Waals surface area contributed by atoms with Crippen LogP contribution < -0.4 is 70.4 Å². The van der Waals surface area contributed by atoms with Crippen LogP contribution in [0.4, 0.5) is 0 Å². The first-order valence-electron chi connectivity index (χ1n) is 29.8. The van der Waals surface area contributed by atoms with Gasteiger partial charge in [-0.2, -0.15) is 0 Å². The number of carbonyl (C=O) groups excluding carboxylic acids is 11. The fourth-order valence-electron chi connectivity index (χ4n) is 9.99. The van der Waals surface area contributed by atoms with E-state index in [4.69, 9.17) is 17.2 Å². The van der Waals surface area contributed by atoms with E-state index in [1.165, 1.54) is 26.4 Å². The van der Waals surface area contributed by atoms with Crippen LogP contribution in [0.5, 0.6) is 0 Å². The first kappa shape index (κ1) is 72.3. The second kappa shape index (κ2) is 37.5. The summed E-state index contributed by atoms with van der Waals surface area (Å²) < 4.78 is 0. The topological polar surface area (TPSA) is 485 Å². The van der Waals surface area contributed by atoms with Crippen LogP contribution in [0.2, 0.25) is 0 Å². The number of aliphatic hydroxyl groups is 1. The largest absolute Gasteiger partial charge is 0.481 e. The molecule has 30 nitrogen and oxygen atoms in total. The number of aliphatic carboxylic acids is 1. The lowest BCUT2D eigenvalue weighted by atomic mass is 9.84. The lowest BCUT2D eigenvalue weighted by Crippen LogP contribution is -2.61. The summed E-state index contributed by atoms with van der Waals surface area (Å²) in [6, 6.07) is -12.9. The van der Waals surface area contributed by atoms with Crippen LogP contribution in [-0.2, 0) is 64.0 Å². The summed E-state index contributed by atoms with van der Waals surface area (Å²) in [6.07, 6.45) is 5.16. The summed E-state index contributed by atoms with van der Waals surface area (Å²) in [7, 11) is 0. The van der Waals surface area contributed by atoms with E-state index in [-0.39, 0.29) is 81.7 Å². The Labute approximate surface area is 501 Å². The van der Waals surface area contributed by atoms with E-state index in [1.807, 2.05) is 13.8 Å². The molecule has 2 aliphatic rings. The van der Waals surface area contributed by atoms with Crippen molar-refractivity contribution in [3.8, 4) is 0 Å². The zero-order valence-electron chi connectivity index (χ0n) is 50.4. The highest BCUT2D eigenvalue weighted by Crippen LogP contribution is 2.28. The molecule has 0 radical (unpaired) electrons. The van der Waals surface area contributed by atoms with Gasteiger partial charge in [0.15, 0.2) is 5.96 Å². The Morgan fingerprint density at radius 1 is 0.605 bits per heavy atom. The predicted molar refractivity (Wildman–Crippen MR) is 314 cm³/mol. The number of carbonyl (C=O) groups is 12. The van der Waals surface area contributed by atoms with E-state index in [0.717, 1.165) is 32.1 Å². The summed E-state index contributed by atoms with van der Waals surface area (Å²) in [5, 5.41) is 46.4. The summed E-state index contributed by atoms with van der Waals surface area (Å²) in [5.74, 6) is -11.4. The van der Waals surface area contributed by atoms with Gasteiger partial charge in [0.1, 0.15) is 54.4 Å². The van der Waals surface area contributed by atoms with E-state index in [2.05, 4.69) is 68.1 Å². The van der Waals surface area contributed by atoms with Crippen molar-refractivity contribution < 1.29 is 67.7 Å². The molecule has 2 fully saturated rings. The van der Waals surface area contributed by atoms with Gasteiger partial charge in [-0.1, -0.05) is 72.6 Å². The van der Waals surface area contributed by atoms with Crippen LogP contribution in [0.25, 0.3) is 0 Å². The first-order valence-corrected chi connectivity index (χ1v) is 29.8. The van der Waals surface area contributed by atoms with Crippen molar-refractivity contribution in [1.29, 1.82) is 0 Å². The number of carboxylic acid groups (broad SMARTS) is 1. The molecule has 30 heteroatoms. The van der Waals surface area contributed by atoms with E-state index >= 15 is 0 Å². The Hall–Kier alpha value is -7.92. The third-order valence-corrected chi connectivity index (χ3v) is 14.6. The second-order valence-corrected chi connectivity index (χ2v) is 23.2. The highest BCUT2D eigenvalue weighted by molar-refractivity contribution is 5.99.